The van der Waals surface area contributed by atoms with Gasteiger partial charge in [-0.05, 0) is 146 Å². The van der Waals surface area contributed by atoms with Crippen molar-refractivity contribution in [3.05, 3.63) is 520 Å². The third-order valence-electron chi connectivity index (χ3n) is 19.5. The van der Waals surface area contributed by atoms with Crippen LogP contribution in [0.4, 0.5) is 79.3 Å². The molecule has 0 bridgehead atoms. The fraction of sp³-hybridized carbons (Fsp3) is 0.0357. The minimum atomic E-state index is -1.54. The van der Waals surface area contributed by atoms with Crippen LogP contribution < -0.4 is 9.80 Å². The molecule has 4 radical (unpaired) electrons. The molecule has 18 aromatic rings. The van der Waals surface area contributed by atoms with Crippen molar-refractivity contribution in [2.75, 3.05) is 9.80 Å². The normalized spacial score (nSPS) is 9.92. The molecule has 17 nitrogen and oxygen atoms in total. The number of rotatable bonds is 17. The number of nitro groups is 1. The third kappa shape index (κ3) is 31.8. The van der Waals surface area contributed by atoms with Crippen LogP contribution in [-0.2, 0) is 80.4 Å². The zero-order valence-corrected chi connectivity index (χ0v) is 84.3. The Morgan fingerprint density at radius 1 is 0.282 bits per heavy atom. The van der Waals surface area contributed by atoms with Crippen LogP contribution in [0.2, 0.25) is 0 Å². The van der Waals surface area contributed by atoms with E-state index in [1.165, 1.54) is 54.9 Å². The Morgan fingerprint density at radius 3 is 0.824 bits per heavy atom. The van der Waals surface area contributed by atoms with Gasteiger partial charge < -0.3 is 69.3 Å². The molecule has 142 heavy (non-hydrogen) atoms. The molecule has 0 aliphatic rings. The summed E-state index contributed by atoms with van der Waals surface area (Å²) < 4.78 is 128. The van der Waals surface area contributed by atoms with Gasteiger partial charge in [-0.1, -0.05) is 212 Å². The fourth-order valence-electron chi connectivity index (χ4n) is 13.1. The number of hydrogen-bond acceptors (Lipinski definition) is 12. The minimum absolute atomic E-state index is 0. The number of halogens is 9. The summed E-state index contributed by atoms with van der Waals surface area (Å²) in [5.41, 5.74) is 10.4. The monoisotopic (exact) mass is 2620 g/mol. The van der Waals surface area contributed by atoms with Crippen molar-refractivity contribution >= 4 is 63.7 Å². The topological polar surface area (TPSA) is 250 Å². The molecule has 0 fully saturated rings. The van der Waals surface area contributed by atoms with E-state index in [-0.39, 0.29) is 147 Å². The molecule has 4 heterocycles. The summed E-state index contributed by atoms with van der Waals surface area (Å²) in [6, 6.07) is 117. The first kappa shape index (κ1) is 114. The van der Waals surface area contributed by atoms with Crippen molar-refractivity contribution in [1.82, 2.24) is 19.9 Å². The molecule has 18 rings (SSSR count). The number of carboxylic acids is 4. The van der Waals surface area contributed by atoms with Crippen molar-refractivity contribution in [2.24, 2.45) is 0 Å². The third-order valence-corrected chi connectivity index (χ3v) is 19.5. The van der Waals surface area contributed by atoms with Gasteiger partial charge in [0.25, 0.3) is 5.69 Å². The second kappa shape index (κ2) is 56.6. The zero-order valence-electron chi connectivity index (χ0n) is 74.7. The number of aromatic carboxylic acids is 4. The molecule has 4 N–H and O–H groups in total. The van der Waals surface area contributed by atoms with Gasteiger partial charge in [0.05, 0.1) is 11.6 Å². The number of carbonyl (C=O) groups is 4. The van der Waals surface area contributed by atoms with Crippen LogP contribution in [0.3, 0.4) is 0 Å². The number of aromatic nitrogens is 4. The Morgan fingerprint density at radius 2 is 0.549 bits per heavy atom. The molecule has 0 atom stereocenters. The number of hydrogen-bond donors (Lipinski definition) is 4. The number of nitro benzene ring substituents is 1. The maximum atomic E-state index is 15.7. The number of aryl methyl sites for hydroxylation is 4. The van der Waals surface area contributed by atoms with Crippen LogP contribution in [0.1, 0.15) is 63.7 Å². The Labute approximate surface area is 866 Å². The Bertz CT molecular complexity index is 6930. The number of pyridine rings is 4. The number of nitrogens with zero attached hydrogens (tertiary/aromatic N) is 7. The first-order chi connectivity index (χ1) is 66.5. The van der Waals surface area contributed by atoms with E-state index in [9.17, 15) is 64.4 Å². The van der Waals surface area contributed by atoms with E-state index in [1.807, 2.05) is 171 Å². The molecule has 14 aromatic carbocycles. The van der Waals surface area contributed by atoms with E-state index < -0.39 is 86.8 Å². The van der Waals surface area contributed by atoms with E-state index in [0.717, 1.165) is 62.8 Å². The second-order valence-corrected chi connectivity index (χ2v) is 29.3. The van der Waals surface area contributed by atoms with Crippen LogP contribution in [-0.4, -0.2) is 69.2 Å². The van der Waals surface area contributed by atoms with E-state index in [1.54, 1.807) is 159 Å². The molecule has 0 aliphatic carbocycles. The molecule has 30 heteroatoms. The molecule has 0 aliphatic heterocycles. The van der Waals surface area contributed by atoms with Gasteiger partial charge in [0.2, 0.25) is 23.9 Å². The predicted molar refractivity (Wildman–Crippen MR) is 508 cm³/mol. The average Bonchev–Trinajstić information content (AvgIpc) is 0.733. The van der Waals surface area contributed by atoms with Gasteiger partial charge in [0.15, 0.2) is 0 Å². The van der Waals surface area contributed by atoms with Crippen molar-refractivity contribution < 1.29 is 164 Å². The summed E-state index contributed by atoms with van der Waals surface area (Å²) in [7, 11) is 0. The van der Waals surface area contributed by atoms with Gasteiger partial charge in [-0.25, -0.2) is 4.39 Å². The minimum Gasteiger partial charge on any atom is -0.521 e. The van der Waals surface area contributed by atoms with E-state index >= 15 is 4.39 Å². The molecule has 726 valence electrons. The largest absolute Gasteiger partial charge is 0.521 e. The van der Waals surface area contributed by atoms with Gasteiger partial charge in [0, 0.05) is 168 Å². The van der Waals surface area contributed by atoms with E-state index in [4.69, 9.17) is 20.4 Å². The fourth-order valence-corrected chi connectivity index (χ4v) is 13.1. The van der Waals surface area contributed by atoms with Gasteiger partial charge in [-0.3, -0.25) is 45.2 Å². The van der Waals surface area contributed by atoms with E-state index in [2.05, 4.69) is 73.4 Å². The molecule has 0 amide bonds. The Hall–Kier alpha value is -15.5. The van der Waals surface area contributed by atoms with Crippen LogP contribution in [0.15, 0.2) is 365 Å². The maximum Gasteiger partial charge on any atom is 0.260 e. The molecule has 4 aromatic heterocycles. The van der Waals surface area contributed by atoms with Gasteiger partial charge in [-0.2, -0.15) is 0 Å². The van der Waals surface area contributed by atoms with Crippen LogP contribution >= 0.6 is 0 Å². The van der Waals surface area contributed by atoms with Crippen molar-refractivity contribution in [3.8, 4) is 67.3 Å². The number of anilines is 6. The summed E-state index contributed by atoms with van der Waals surface area (Å²) in [6.45, 7) is 7.44. The van der Waals surface area contributed by atoms with Crippen molar-refractivity contribution in [3.63, 3.8) is 0 Å². The molecule has 0 spiro atoms. The van der Waals surface area contributed by atoms with Gasteiger partial charge in [0.1, 0.15) is 17.5 Å². The van der Waals surface area contributed by atoms with Crippen LogP contribution in [0.25, 0.3) is 67.3 Å². The quantitative estimate of drug-likeness (QED) is 0.0217. The summed E-state index contributed by atoms with van der Waals surface area (Å²) in [5.74, 6) is -13.0. The molecule has 0 saturated heterocycles. The maximum absolute atomic E-state index is 15.7. The average molecular weight is 2620 g/mol. The number of benzene rings is 14. The smallest absolute Gasteiger partial charge is 0.260 e. The Balaban J connectivity index is 0.000000231. The SMILES string of the molecule is Cc1cccc(-c2c(F)c[c-]c(-c3cc(C)ccn3)c2F)c1.Cc1cccc(-c2c(F)c[c-]c(-c3cc(N(c4ccccc4)c4ccccc4)ccn3)c2F)c1.Cc1ccnc(-c2[c-]cc(F)c([N+](=O)[O-])c2F)c1.Fc1c[c-]c(-c2cc(N(c3ccccc3)c3ccccc3)ccn2)c(F)c1F.O=C(O)c1[c-]cccc1.O=C(O)c1[c-]cccc1.O=C(O)c1[c-]cccc1.O=C(O)c1[c-]cccc1.[Ir].[Ir].[Ir].[Ir]. The summed E-state index contributed by atoms with van der Waals surface area (Å²) in [5, 5.41) is 44.0. The number of carboxylic acid groups (broad SMARTS) is 4. The van der Waals surface area contributed by atoms with Gasteiger partial charge >= 0.3 is 0 Å². The predicted octanol–water partition coefficient (Wildman–Crippen LogP) is 27.6. The molecular formula is C112H76F9Ir4N7O10-8. The van der Waals surface area contributed by atoms with Gasteiger partial charge in [-0.15, -0.1) is 170 Å². The van der Waals surface area contributed by atoms with Crippen molar-refractivity contribution in [1.29, 1.82) is 0 Å². The molecule has 0 saturated carbocycles. The standard InChI is InChI=1S/C30H21F2N2.C23H14F3N2.C19H14F2N.C12H7F2N2O2.4C7H5O2.4Ir/c1-21-9-8-10-22(19-21)29-27(31)16-15-26(30(29)32)28-20-25(17-18-33-28)34(23-11-4-2-5-12-23)24-13-6-3-7-14-24;24-20-12-11-19(22(25)23(20)26)21-15-18(13-14-27-21)28(16-7-3-1-4-8-16)17-9-5-2-6-10-17;1-12-4-3-5-14(10-12)18-16(20)7-6-15(19(18)21)17-11-13(2)8-9-22-17;1-7-4-5-15-10(6-7)8-2-3-9(13)12(11(8)14)16(17)18;4*8-7(9)6-4-2-1-3-5-6;;;;/h2-14,16-20H,1H3;1-10,12-15H;3-5,7-11H,1-2H3;3-6H,1H3;4*1-4H,(H,8,9);;;;/q8*-1;;;;. The Kier molecular flexibility index (Phi) is 45.2. The zero-order chi connectivity index (χ0) is 98.7. The summed E-state index contributed by atoms with van der Waals surface area (Å²) >= 11 is 0. The first-order valence-corrected chi connectivity index (χ1v) is 41.5. The summed E-state index contributed by atoms with van der Waals surface area (Å²) in [4.78, 5) is 70.8. The summed E-state index contributed by atoms with van der Waals surface area (Å²) in [6.07, 6.45) is 6.17. The first-order valence-electron chi connectivity index (χ1n) is 41.5. The van der Waals surface area contributed by atoms with E-state index in [0.29, 0.717) is 28.2 Å². The number of para-hydroxylation sites is 4. The molecule has 0 unspecified atom stereocenters. The second-order valence-electron chi connectivity index (χ2n) is 29.3. The molecular weight excluding hydrogens is 2540 g/mol. The van der Waals surface area contributed by atoms with Crippen LogP contribution in [0, 0.1) is 139 Å². The van der Waals surface area contributed by atoms with Crippen LogP contribution in [0.5, 0.6) is 0 Å². The van der Waals surface area contributed by atoms with Crippen molar-refractivity contribution in [2.45, 2.75) is 27.7 Å².